The third-order valence-electron chi connectivity index (χ3n) is 8.14. The summed E-state index contributed by atoms with van der Waals surface area (Å²) in [5.41, 5.74) is 5.17. The molecule has 0 bridgehead atoms. The molecule has 1 unspecified atom stereocenters. The van der Waals surface area contributed by atoms with Crippen LogP contribution in [-0.4, -0.2) is 37.7 Å². The maximum absolute atomic E-state index is 9.73. The van der Waals surface area contributed by atoms with E-state index in [4.69, 9.17) is 9.16 Å². The molecule has 0 fully saturated rings. The molecular weight excluding hydrogens is 547 g/mol. The van der Waals surface area contributed by atoms with Crippen LogP contribution in [0.5, 0.6) is 5.75 Å². The molecule has 0 saturated heterocycles. The van der Waals surface area contributed by atoms with Gasteiger partial charge in [0.2, 0.25) is 0 Å². The van der Waals surface area contributed by atoms with E-state index >= 15 is 0 Å². The number of aromatic hydroxyl groups is 1. The standard InChI is InChI=1S/C38H41NO3Si/c1-29(28-42-43(38(2,3)4,33-13-7-5-8-14-33)34-15-9-6-10-16-34)35-24-26-41-37(35)23-20-31(36-17-11-12-25-39-36)27-30-18-21-32(40)22-19-30/h5-19,21-22,24-25,27,37,40H,1,20,23,26,28H2,2-4H3/b31-27-. The van der Waals surface area contributed by atoms with Gasteiger partial charge in [-0.3, -0.25) is 4.98 Å². The van der Waals surface area contributed by atoms with E-state index in [1.165, 1.54) is 10.4 Å². The highest BCUT2D eigenvalue weighted by Gasteiger charge is 2.50. The molecule has 3 aromatic carbocycles. The molecule has 1 atom stereocenters. The Morgan fingerprint density at radius 3 is 2.14 bits per heavy atom. The number of nitrogens with zero attached hydrogens (tertiary/aromatic N) is 1. The zero-order valence-electron chi connectivity index (χ0n) is 25.4. The fourth-order valence-electron chi connectivity index (χ4n) is 6.01. The molecule has 5 heteroatoms. The van der Waals surface area contributed by atoms with Gasteiger partial charge in [-0.25, -0.2) is 0 Å². The molecule has 0 spiro atoms. The van der Waals surface area contributed by atoms with E-state index in [1.54, 1.807) is 12.1 Å². The predicted molar refractivity (Wildman–Crippen MR) is 180 cm³/mol. The second kappa shape index (κ2) is 13.5. The first kappa shape index (κ1) is 30.4. The Labute approximate surface area is 257 Å². The summed E-state index contributed by atoms with van der Waals surface area (Å²) in [6.07, 6.45) is 7.63. The fraction of sp³-hybridized carbons (Fsp3) is 0.237. The Balaban J connectivity index is 1.36. The second-order valence-electron chi connectivity index (χ2n) is 12.1. The SMILES string of the molecule is C=C(CO[Si](c1ccccc1)(c1ccccc1)C(C)(C)C)C1=CCOC1CC/C(=C/c1ccc(O)cc1)c1ccccn1. The van der Waals surface area contributed by atoms with Crippen molar-refractivity contribution in [2.45, 2.75) is 44.8 Å². The van der Waals surface area contributed by atoms with Gasteiger partial charge < -0.3 is 14.3 Å². The Kier molecular flexibility index (Phi) is 9.56. The topological polar surface area (TPSA) is 51.6 Å². The monoisotopic (exact) mass is 587 g/mol. The van der Waals surface area contributed by atoms with Crippen LogP contribution in [0.2, 0.25) is 5.04 Å². The van der Waals surface area contributed by atoms with E-state index in [0.717, 1.165) is 40.8 Å². The lowest BCUT2D eigenvalue weighted by Gasteiger charge is -2.43. The Morgan fingerprint density at radius 1 is 0.930 bits per heavy atom. The summed E-state index contributed by atoms with van der Waals surface area (Å²) < 4.78 is 13.4. The average Bonchev–Trinajstić information content (AvgIpc) is 3.50. The van der Waals surface area contributed by atoms with Crippen molar-refractivity contribution in [2.24, 2.45) is 0 Å². The van der Waals surface area contributed by atoms with Crippen LogP contribution in [0.3, 0.4) is 0 Å². The van der Waals surface area contributed by atoms with Gasteiger partial charge in [-0.1, -0.05) is 112 Å². The van der Waals surface area contributed by atoms with E-state index in [2.05, 4.69) is 105 Å². The minimum atomic E-state index is -2.68. The number of hydrogen-bond acceptors (Lipinski definition) is 4. The molecule has 2 heterocycles. The lowest BCUT2D eigenvalue weighted by Crippen LogP contribution is -2.66. The van der Waals surface area contributed by atoms with Crippen molar-refractivity contribution in [1.29, 1.82) is 0 Å². The van der Waals surface area contributed by atoms with Crippen molar-refractivity contribution in [2.75, 3.05) is 13.2 Å². The fourth-order valence-corrected chi connectivity index (χ4v) is 10.6. The number of ether oxygens (including phenoxy) is 1. The summed E-state index contributed by atoms with van der Waals surface area (Å²) in [7, 11) is -2.68. The lowest BCUT2D eigenvalue weighted by molar-refractivity contribution is 0.117. The summed E-state index contributed by atoms with van der Waals surface area (Å²) in [6.45, 7) is 12.4. The van der Waals surface area contributed by atoms with Crippen LogP contribution in [0.1, 0.15) is 44.9 Å². The first-order valence-corrected chi connectivity index (χ1v) is 16.8. The molecule has 0 radical (unpaired) electrons. The molecule has 43 heavy (non-hydrogen) atoms. The maximum atomic E-state index is 9.73. The van der Waals surface area contributed by atoms with Crippen molar-refractivity contribution in [3.63, 3.8) is 0 Å². The number of pyridine rings is 1. The number of aromatic nitrogens is 1. The van der Waals surface area contributed by atoms with Crippen molar-refractivity contribution in [3.8, 4) is 5.75 Å². The number of allylic oxidation sites excluding steroid dienone is 1. The van der Waals surface area contributed by atoms with Gasteiger partial charge in [0.15, 0.2) is 0 Å². The molecule has 4 nitrogen and oxygen atoms in total. The van der Waals surface area contributed by atoms with E-state index in [1.807, 2.05) is 36.5 Å². The summed E-state index contributed by atoms with van der Waals surface area (Å²) >= 11 is 0. The van der Waals surface area contributed by atoms with Gasteiger partial charge >= 0.3 is 0 Å². The van der Waals surface area contributed by atoms with Crippen molar-refractivity contribution in [1.82, 2.24) is 4.98 Å². The molecule has 220 valence electrons. The number of rotatable bonds is 11. The van der Waals surface area contributed by atoms with Gasteiger partial charge in [0.1, 0.15) is 5.75 Å². The normalized spacial score (nSPS) is 15.7. The highest BCUT2D eigenvalue weighted by Crippen LogP contribution is 2.38. The minimum Gasteiger partial charge on any atom is -0.508 e. The minimum absolute atomic E-state index is 0.0674. The molecule has 4 aromatic rings. The van der Waals surface area contributed by atoms with Crippen LogP contribution in [0.25, 0.3) is 11.6 Å². The van der Waals surface area contributed by atoms with Gasteiger partial charge in [-0.2, -0.15) is 0 Å². The molecule has 0 amide bonds. The summed E-state index contributed by atoms with van der Waals surface area (Å²) in [6, 6.07) is 34.7. The van der Waals surface area contributed by atoms with Crippen LogP contribution in [-0.2, 0) is 9.16 Å². The Bertz CT molecular complexity index is 1520. The van der Waals surface area contributed by atoms with Crippen LogP contribution in [0, 0.1) is 0 Å². The van der Waals surface area contributed by atoms with E-state index in [-0.39, 0.29) is 16.9 Å². The summed E-state index contributed by atoms with van der Waals surface area (Å²) in [5, 5.41) is 12.1. The summed E-state index contributed by atoms with van der Waals surface area (Å²) in [5.74, 6) is 0.254. The molecule has 1 aliphatic heterocycles. The van der Waals surface area contributed by atoms with Gasteiger partial charge in [0.05, 0.1) is 25.0 Å². The highest BCUT2D eigenvalue weighted by molar-refractivity contribution is 6.99. The smallest absolute Gasteiger partial charge is 0.261 e. The number of phenolic OH excluding ortho intramolecular Hbond substituents is 1. The zero-order valence-corrected chi connectivity index (χ0v) is 26.4. The number of phenols is 1. The van der Waals surface area contributed by atoms with E-state index in [0.29, 0.717) is 13.2 Å². The maximum Gasteiger partial charge on any atom is 0.261 e. The van der Waals surface area contributed by atoms with E-state index < -0.39 is 8.32 Å². The second-order valence-corrected chi connectivity index (χ2v) is 16.4. The van der Waals surface area contributed by atoms with Gasteiger partial charge in [0, 0.05) is 6.20 Å². The van der Waals surface area contributed by atoms with Gasteiger partial charge in [0.25, 0.3) is 8.32 Å². The molecule has 1 aliphatic rings. The third-order valence-corrected chi connectivity index (χ3v) is 13.1. The van der Waals surface area contributed by atoms with Crippen molar-refractivity contribution >= 4 is 30.3 Å². The van der Waals surface area contributed by atoms with Crippen molar-refractivity contribution in [3.05, 3.63) is 144 Å². The first-order chi connectivity index (χ1) is 20.8. The first-order valence-electron chi connectivity index (χ1n) is 14.9. The number of hydrogen-bond donors (Lipinski definition) is 1. The van der Waals surface area contributed by atoms with Crippen LogP contribution < -0.4 is 10.4 Å². The van der Waals surface area contributed by atoms with E-state index in [9.17, 15) is 5.11 Å². The average molecular weight is 588 g/mol. The summed E-state index contributed by atoms with van der Waals surface area (Å²) in [4.78, 5) is 4.62. The quantitative estimate of drug-likeness (QED) is 0.184. The third kappa shape index (κ3) is 6.97. The lowest BCUT2D eigenvalue weighted by atomic mass is 9.95. The largest absolute Gasteiger partial charge is 0.508 e. The van der Waals surface area contributed by atoms with Crippen LogP contribution in [0.4, 0.5) is 0 Å². The zero-order chi connectivity index (χ0) is 30.3. The number of benzene rings is 3. The van der Waals surface area contributed by atoms with Gasteiger partial charge in [-0.15, -0.1) is 0 Å². The van der Waals surface area contributed by atoms with Gasteiger partial charge in [-0.05, 0) is 80.9 Å². The van der Waals surface area contributed by atoms with Crippen molar-refractivity contribution < 1.29 is 14.3 Å². The van der Waals surface area contributed by atoms with Crippen LogP contribution in [0.15, 0.2) is 133 Å². The van der Waals surface area contributed by atoms with Crippen LogP contribution >= 0.6 is 0 Å². The Hall–Kier alpha value is -4.03. The molecule has 5 rings (SSSR count). The predicted octanol–water partition coefficient (Wildman–Crippen LogP) is 7.57. The molecule has 1 N–H and O–H groups in total. The molecular formula is C38H41NO3Si. The highest BCUT2D eigenvalue weighted by atomic mass is 28.4. The molecule has 1 aromatic heterocycles. The molecule has 0 saturated carbocycles. The Morgan fingerprint density at radius 2 is 1.56 bits per heavy atom. The molecule has 0 aliphatic carbocycles.